The van der Waals surface area contributed by atoms with Gasteiger partial charge in [0.05, 0.1) is 16.9 Å². The summed E-state index contributed by atoms with van der Waals surface area (Å²) in [4.78, 5) is 0. The quantitative estimate of drug-likeness (QED) is 0.908. The molecule has 2 aromatic rings. The van der Waals surface area contributed by atoms with Crippen LogP contribution >= 0.6 is 23.2 Å². The predicted molar refractivity (Wildman–Crippen MR) is 73.4 cm³/mol. The van der Waals surface area contributed by atoms with Gasteiger partial charge in [0.15, 0.2) is 0 Å². The second-order valence-electron chi connectivity index (χ2n) is 3.89. The molecule has 0 saturated carbocycles. The van der Waals surface area contributed by atoms with Crippen molar-refractivity contribution in [1.82, 2.24) is 9.78 Å². The lowest BCUT2D eigenvalue weighted by atomic mass is 10.2. The minimum Gasteiger partial charge on any atom is -0.396 e. The van der Waals surface area contributed by atoms with E-state index in [9.17, 15) is 0 Å². The summed E-state index contributed by atoms with van der Waals surface area (Å²) < 4.78 is 1.57. The van der Waals surface area contributed by atoms with E-state index < -0.39 is 0 Å². The van der Waals surface area contributed by atoms with Crippen LogP contribution in [0.2, 0.25) is 10.0 Å². The van der Waals surface area contributed by atoms with E-state index in [0.717, 1.165) is 5.56 Å². The first-order valence-corrected chi connectivity index (χ1v) is 6.27. The molecular formula is C12H13Cl2N3O. The number of anilines is 1. The number of hydrogen-bond acceptors (Lipinski definition) is 3. The number of hydrogen-bond donors (Lipinski definition) is 2. The third kappa shape index (κ3) is 2.61. The zero-order chi connectivity index (χ0) is 13.1. The van der Waals surface area contributed by atoms with E-state index in [1.807, 2.05) is 0 Å². The second kappa shape index (κ2) is 5.61. The van der Waals surface area contributed by atoms with Gasteiger partial charge in [-0.15, -0.1) is 0 Å². The van der Waals surface area contributed by atoms with E-state index in [1.54, 1.807) is 29.1 Å². The number of halogens is 2. The van der Waals surface area contributed by atoms with E-state index in [4.69, 9.17) is 34.0 Å². The molecule has 0 aliphatic rings. The zero-order valence-corrected chi connectivity index (χ0v) is 11.1. The van der Waals surface area contributed by atoms with Crippen molar-refractivity contribution >= 4 is 29.0 Å². The van der Waals surface area contributed by atoms with Gasteiger partial charge in [-0.1, -0.05) is 23.2 Å². The maximum atomic E-state index is 8.81. The number of aromatic nitrogens is 2. The Labute approximate surface area is 115 Å². The Morgan fingerprint density at radius 3 is 2.78 bits per heavy atom. The van der Waals surface area contributed by atoms with Gasteiger partial charge in [0.1, 0.15) is 5.82 Å². The molecule has 0 aliphatic heterocycles. The highest BCUT2D eigenvalue weighted by molar-refractivity contribution is 6.35. The van der Waals surface area contributed by atoms with Gasteiger partial charge in [0.2, 0.25) is 0 Å². The van der Waals surface area contributed by atoms with Crippen molar-refractivity contribution < 1.29 is 5.11 Å². The number of nitrogen functional groups attached to an aromatic ring is 1. The molecule has 18 heavy (non-hydrogen) atoms. The number of benzene rings is 1. The van der Waals surface area contributed by atoms with Gasteiger partial charge in [-0.2, -0.15) is 5.10 Å². The molecule has 4 nitrogen and oxygen atoms in total. The molecule has 1 aromatic heterocycles. The summed E-state index contributed by atoms with van der Waals surface area (Å²) >= 11 is 12.0. The zero-order valence-electron chi connectivity index (χ0n) is 9.61. The van der Waals surface area contributed by atoms with E-state index >= 15 is 0 Å². The predicted octanol–water partition coefficient (Wildman–Crippen LogP) is 2.69. The first kappa shape index (κ1) is 13.2. The molecule has 6 heteroatoms. The molecule has 0 fully saturated rings. The van der Waals surface area contributed by atoms with Crippen molar-refractivity contribution in [3.05, 3.63) is 40.0 Å². The molecule has 0 spiro atoms. The third-order valence-corrected chi connectivity index (χ3v) is 3.17. The van der Waals surface area contributed by atoms with Crippen LogP contribution in [0.1, 0.15) is 12.0 Å². The maximum absolute atomic E-state index is 8.81. The highest BCUT2D eigenvalue weighted by Gasteiger charge is 2.11. The standard InChI is InChI=1S/C12H13Cl2N3O/c13-9-3-4-11(10(14)6-9)17-12(15)8(7-16-17)2-1-5-18/h3-4,6-7,18H,1-2,5,15H2. The number of nitrogens with two attached hydrogens (primary N) is 1. The van der Waals surface area contributed by atoms with Crippen LogP contribution in [0.25, 0.3) is 5.69 Å². The summed E-state index contributed by atoms with van der Waals surface area (Å²) in [7, 11) is 0. The average molecular weight is 286 g/mol. The maximum Gasteiger partial charge on any atom is 0.130 e. The van der Waals surface area contributed by atoms with Crippen LogP contribution in [-0.4, -0.2) is 21.5 Å². The second-order valence-corrected chi connectivity index (χ2v) is 4.73. The SMILES string of the molecule is Nc1c(CCCO)cnn1-c1ccc(Cl)cc1Cl. The van der Waals surface area contributed by atoms with Crippen molar-refractivity contribution in [2.45, 2.75) is 12.8 Å². The fraction of sp³-hybridized carbons (Fsp3) is 0.250. The normalized spacial score (nSPS) is 10.8. The van der Waals surface area contributed by atoms with Crippen LogP contribution in [0.4, 0.5) is 5.82 Å². The Morgan fingerprint density at radius 1 is 1.33 bits per heavy atom. The van der Waals surface area contributed by atoms with E-state index in [-0.39, 0.29) is 6.61 Å². The third-order valence-electron chi connectivity index (χ3n) is 2.63. The van der Waals surface area contributed by atoms with Gasteiger partial charge in [0, 0.05) is 17.2 Å². The molecule has 96 valence electrons. The first-order chi connectivity index (χ1) is 8.63. The number of rotatable bonds is 4. The van der Waals surface area contributed by atoms with Crippen molar-refractivity contribution in [1.29, 1.82) is 0 Å². The number of aryl methyl sites for hydroxylation is 1. The number of aliphatic hydroxyl groups excluding tert-OH is 1. The molecule has 1 heterocycles. The van der Waals surface area contributed by atoms with Gasteiger partial charge in [0.25, 0.3) is 0 Å². The van der Waals surface area contributed by atoms with Crippen LogP contribution in [-0.2, 0) is 6.42 Å². The van der Waals surface area contributed by atoms with Crippen molar-refractivity contribution in [3.63, 3.8) is 0 Å². The number of nitrogens with zero attached hydrogens (tertiary/aromatic N) is 2. The molecule has 0 bridgehead atoms. The van der Waals surface area contributed by atoms with Crippen LogP contribution in [0, 0.1) is 0 Å². The smallest absolute Gasteiger partial charge is 0.130 e. The fourth-order valence-corrected chi connectivity index (χ4v) is 2.19. The lowest BCUT2D eigenvalue weighted by molar-refractivity contribution is 0.288. The van der Waals surface area contributed by atoms with Crippen molar-refractivity contribution in [3.8, 4) is 5.69 Å². The minimum atomic E-state index is 0.131. The molecule has 0 aliphatic carbocycles. The number of aliphatic hydroxyl groups is 1. The molecule has 3 N–H and O–H groups in total. The topological polar surface area (TPSA) is 64.1 Å². The Hall–Kier alpha value is -1.23. The summed E-state index contributed by atoms with van der Waals surface area (Å²) in [5, 5.41) is 14.1. The van der Waals surface area contributed by atoms with Crippen molar-refractivity contribution in [2.75, 3.05) is 12.3 Å². The highest BCUT2D eigenvalue weighted by atomic mass is 35.5. The monoisotopic (exact) mass is 285 g/mol. The lowest BCUT2D eigenvalue weighted by Crippen LogP contribution is -2.04. The molecule has 2 rings (SSSR count). The van der Waals surface area contributed by atoms with Crippen LogP contribution in [0.15, 0.2) is 24.4 Å². The summed E-state index contributed by atoms with van der Waals surface area (Å²) in [6.07, 6.45) is 3.04. The van der Waals surface area contributed by atoms with Gasteiger partial charge >= 0.3 is 0 Å². The van der Waals surface area contributed by atoms with Gasteiger partial charge in [-0.3, -0.25) is 0 Å². The molecular weight excluding hydrogens is 273 g/mol. The Kier molecular flexibility index (Phi) is 4.11. The Bertz CT molecular complexity index is 554. The Morgan fingerprint density at radius 2 is 2.11 bits per heavy atom. The molecule has 0 amide bonds. The van der Waals surface area contributed by atoms with Crippen LogP contribution in [0.3, 0.4) is 0 Å². The van der Waals surface area contributed by atoms with Crippen LogP contribution < -0.4 is 5.73 Å². The molecule has 0 radical (unpaired) electrons. The van der Waals surface area contributed by atoms with Crippen LogP contribution in [0.5, 0.6) is 0 Å². The summed E-state index contributed by atoms with van der Waals surface area (Å²) in [5.41, 5.74) is 7.60. The molecule has 1 aromatic carbocycles. The largest absolute Gasteiger partial charge is 0.396 e. The first-order valence-electron chi connectivity index (χ1n) is 5.52. The van der Waals surface area contributed by atoms with Gasteiger partial charge in [-0.25, -0.2) is 4.68 Å². The molecule has 0 unspecified atom stereocenters. The van der Waals surface area contributed by atoms with Gasteiger partial charge in [-0.05, 0) is 31.0 Å². The van der Waals surface area contributed by atoms with E-state index in [1.165, 1.54) is 0 Å². The summed E-state index contributed by atoms with van der Waals surface area (Å²) in [5.74, 6) is 0.535. The fourth-order valence-electron chi connectivity index (χ4n) is 1.70. The Balaban J connectivity index is 2.36. The van der Waals surface area contributed by atoms with E-state index in [0.29, 0.717) is 34.4 Å². The highest BCUT2D eigenvalue weighted by Crippen LogP contribution is 2.27. The summed E-state index contributed by atoms with van der Waals surface area (Å²) in [6, 6.07) is 5.15. The summed E-state index contributed by atoms with van der Waals surface area (Å²) in [6.45, 7) is 0.131. The molecule has 0 saturated heterocycles. The molecule has 0 atom stereocenters. The lowest BCUT2D eigenvalue weighted by Gasteiger charge is -2.07. The van der Waals surface area contributed by atoms with Gasteiger partial charge < -0.3 is 10.8 Å². The average Bonchev–Trinajstić information content (AvgIpc) is 2.68. The van der Waals surface area contributed by atoms with E-state index in [2.05, 4.69) is 5.10 Å². The van der Waals surface area contributed by atoms with Crippen molar-refractivity contribution in [2.24, 2.45) is 0 Å². The minimum absolute atomic E-state index is 0.131.